The lowest BCUT2D eigenvalue weighted by Gasteiger charge is -2.15. The molecule has 1 aliphatic heterocycles. The van der Waals surface area contributed by atoms with Gasteiger partial charge in [-0.15, -0.1) is 11.3 Å². The van der Waals surface area contributed by atoms with Gasteiger partial charge in [0.1, 0.15) is 11.5 Å². The molecule has 1 unspecified atom stereocenters. The van der Waals surface area contributed by atoms with Gasteiger partial charge in [-0.05, 0) is 37.4 Å². The fourth-order valence-corrected chi connectivity index (χ4v) is 3.68. The van der Waals surface area contributed by atoms with Gasteiger partial charge in [0.2, 0.25) is 6.10 Å². The van der Waals surface area contributed by atoms with Gasteiger partial charge in [0.05, 0.1) is 15.8 Å². The number of carbonyl (C=O) groups is 2. The van der Waals surface area contributed by atoms with Crippen molar-refractivity contribution >= 4 is 40.5 Å². The van der Waals surface area contributed by atoms with Crippen molar-refractivity contribution in [1.29, 1.82) is 0 Å². The Hall–Kier alpha value is -2.36. The summed E-state index contributed by atoms with van der Waals surface area (Å²) in [6, 6.07) is 6.91. The van der Waals surface area contributed by atoms with Crippen LogP contribution >= 0.6 is 22.9 Å². The van der Waals surface area contributed by atoms with Crippen LogP contribution in [-0.4, -0.2) is 41.6 Å². The number of hydrogen-bond acceptors (Lipinski definition) is 7. The van der Waals surface area contributed by atoms with Crippen LogP contribution in [-0.2, 0) is 16.2 Å². The number of hydrazine groups is 1. The minimum absolute atomic E-state index is 0.125. The highest BCUT2D eigenvalue weighted by molar-refractivity contribution is 7.18. The van der Waals surface area contributed by atoms with Crippen LogP contribution in [0.4, 0.5) is 0 Å². The number of oxime groups is 1. The first-order valence-electron chi connectivity index (χ1n) is 8.89. The van der Waals surface area contributed by atoms with E-state index >= 15 is 0 Å². The molecule has 1 aliphatic rings. The lowest BCUT2D eigenvalue weighted by molar-refractivity contribution is -0.131. The molecule has 0 bridgehead atoms. The van der Waals surface area contributed by atoms with E-state index in [1.807, 2.05) is 6.07 Å². The highest BCUT2D eigenvalue weighted by Gasteiger charge is 2.30. The van der Waals surface area contributed by atoms with Gasteiger partial charge in [0, 0.05) is 6.42 Å². The van der Waals surface area contributed by atoms with E-state index in [-0.39, 0.29) is 5.76 Å². The third-order valence-corrected chi connectivity index (χ3v) is 5.56. The van der Waals surface area contributed by atoms with E-state index in [1.165, 1.54) is 11.3 Å². The second-order valence-corrected chi connectivity index (χ2v) is 7.83. The summed E-state index contributed by atoms with van der Waals surface area (Å²) < 4.78 is 6.18. The summed E-state index contributed by atoms with van der Waals surface area (Å²) in [5.74, 6) is -0.222. The third-order valence-electron chi connectivity index (χ3n) is 4.28. The number of nitrogens with zero attached hydrogens (tertiary/aromatic N) is 2. The van der Waals surface area contributed by atoms with E-state index in [0.29, 0.717) is 28.8 Å². The lowest BCUT2D eigenvalue weighted by Crippen LogP contribution is -2.46. The predicted molar refractivity (Wildman–Crippen MR) is 106 cm³/mol. The van der Waals surface area contributed by atoms with Crippen molar-refractivity contribution in [3.05, 3.63) is 45.0 Å². The molecule has 2 N–H and O–H groups in total. The largest absolute Gasteiger partial charge is 0.454 e. The second-order valence-electron chi connectivity index (χ2n) is 6.11. The molecule has 0 saturated carbocycles. The number of furan rings is 1. The molecular weight excluding hydrogens is 404 g/mol. The van der Waals surface area contributed by atoms with Gasteiger partial charge in [-0.1, -0.05) is 30.6 Å². The number of carbonyl (C=O) groups excluding carboxylic acids is 2. The minimum Gasteiger partial charge on any atom is -0.454 e. The summed E-state index contributed by atoms with van der Waals surface area (Å²) in [5, 5.41) is 3.93. The molecule has 0 aliphatic carbocycles. The Kier molecular flexibility index (Phi) is 6.71. The smallest absolute Gasteiger partial charge is 0.305 e. The number of nitrogens with one attached hydrogen (secondary N) is 2. The molecule has 150 valence electrons. The topological polar surface area (TPSA) is 96.2 Å². The zero-order chi connectivity index (χ0) is 20.1. The molecule has 3 heterocycles. The van der Waals surface area contributed by atoms with Gasteiger partial charge in [0.25, 0.3) is 5.91 Å². The molecule has 8 nitrogen and oxygen atoms in total. The highest BCUT2D eigenvalue weighted by Crippen LogP contribution is 2.26. The normalized spacial score (nSPS) is 16.0. The Morgan fingerprint density at radius 1 is 1.25 bits per heavy atom. The molecule has 0 radical (unpaired) electrons. The van der Waals surface area contributed by atoms with Crippen LogP contribution in [0.5, 0.6) is 0 Å². The fraction of sp³-hybridized carbons (Fsp3) is 0.389. The van der Waals surface area contributed by atoms with Crippen molar-refractivity contribution in [2.45, 2.75) is 32.9 Å². The molecule has 0 saturated heterocycles. The van der Waals surface area contributed by atoms with Gasteiger partial charge in [0.15, 0.2) is 5.76 Å². The van der Waals surface area contributed by atoms with Gasteiger partial charge in [-0.25, -0.2) is 0 Å². The van der Waals surface area contributed by atoms with E-state index < -0.39 is 17.9 Å². The Morgan fingerprint density at radius 2 is 2.04 bits per heavy atom. The summed E-state index contributed by atoms with van der Waals surface area (Å²) in [7, 11) is 0. The van der Waals surface area contributed by atoms with Gasteiger partial charge in [-0.3, -0.25) is 25.3 Å². The van der Waals surface area contributed by atoms with Crippen LogP contribution in [0.2, 0.25) is 4.34 Å². The summed E-state index contributed by atoms with van der Waals surface area (Å²) >= 11 is 7.27. The van der Waals surface area contributed by atoms with E-state index in [4.69, 9.17) is 20.9 Å². The molecule has 0 fully saturated rings. The maximum absolute atomic E-state index is 12.2. The molecule has 2 aromatic heterocycles. The molecule has 10 heteroatoms. The monoisotopic (exact) mass is 424 g/mol. The summed E-state index contributed by atoms with van der Waals surface area (Å²) in [5.41, 5.74) is 5.32. The maximum atomic E-state index is 12.2. The number of thiophene rings is 1. The first kappa shape index (κ1) is 20.4. The van der Waals surface area contributed by atoms with Crippen LogP contribution in [0.15, 0.2) is 33.8 Å². The summed E-state index contributed by atoms with van der Waals surface area (Å²) in [6.45, 7) is 6.51. The predicted octanol–water partition coefficient (Wildman–Crippen LogP) is 2.79. The molecule has 2 amide bonds. The maximum Gasteiger partial charge on any atom is 0.305 e. The van der Waals surface area contributed by atoms with Crippen LogP contribution in [0.1, 0.15) is 41.5 Å². The van der Waals surface area contributed by atoms with E-state index in [1.54, 1.807) is 18.2 Å². The Labute approximate surface area is 171 Å². The highest BCUT2D eigenvalue weighted by atomic mass is 35.5. The molecule has 2 aromatic rings. The zero-order valence-corrected chi connectivity index (χ0v) is 17.1. The number of amides is 2. The van der Waals surface area contributed by atoms with E-state index in [2.05, 4.69) is 34.8 Å². The molecule has 3 rings (SSSR count). The number of halogens is 1. The average molecular weight is 425 g/mol. The van der Waals surface area contributed by atoms with Crippen LogP contribution in [0.25, 0.3) is 0 Å². The van der Waals surface area contributed by atoms with Crippen LogP contribution in [0.3, 0.4) is 0 Å². The Bertz CT molecular complexity index is 875. The fourth-order valence-electron chi connectivity index (χ4n) is 2.65. The van der Waals surface area contributed by atoms with Crippen molar-refractivity contribution in [3.63, 3.8) is 0 Å². The van der Waals surface area contributed by atoms with Crippen LogP contribution in [0, 0.1) is 0 Å². The standard InChI is InChI=1S/C18H21ClN4O4S/c1-3-23(4-2)10-11-5-6-13(26-11)17(24)20-21-18(25)14-9-12(22-27-14)15-7-8-16(19)28-15/h5-8,14H,3-4,9-10H2,1-2H3,(H,20,24)(H,21,25). The van der Waals surface area contributed by atoms with Crippen molar-refractivity contribution in [2.24, 2.45) is 5.16 Å². The van der Waals surface area contributed by atoms with Crippen molar-refractivity contribution < 1.29 is 18.8 Å². The zero-order valence-electron chi connectivity index (χ0n) is 15.5. The van der Waals surface area contributed by atoms with Crippen molar-refractivity contribution in [2.75, 3.05) is 13.1 Å². The van der Waals surface area contributed by atoms with Gasteiger partial charge < -0.3 is 9.25 Å². The third kappa shape index (κ3) is 4.92. The van der Waals surface area contributed by atoms with Gasteiger partial charge >= 0.3 is 5.91 Å². The minimum atomic E-state index is -0.814. The Morgan fingerprint density at radius 3 is 2.71 bits per heavy atom. The lowest BCUT2D eigenvalue weighted by atomic mass is 10.1. The number of hydrogen-bond donors (Lipinski definition) is 2. The van der Waals surface area contributed by atoms with Crippen molar-refractivity contribution in [3.8, 4) is 0 Å². The van der Waals surface area contributed by atoms with Crippen LogP contribution < -0.4 is 10.9 Å². The Balaban J connectivity index is 1.47. The van der Waals surface area contributed by atoms with E-state index in [0.717, 1.165) is 18.0 Å². The summed E-state index contributed by atoms with van der Waals surface area (Å²) in [6.07, 6.45) is -0.515. The first-order valence-corrected chi connectivity index (χ1v) is 10.1. The molecule has 28 heavy (non-hydrogen) atoms. The molecule has 0 spiro atoms. The SMILES string of the molecule is CCN(CC)Cc1ccc(C(=O)NNC(=O)C2CC(c3ccc(Cl)s3)=NO2)o1. The summed E-state index contributed by atoms with van der Waals surface area (Å²) in [4.78, 5) is 32.6. The second kappa shape index (κ2) is 9.22. The molecule has 0 aromatic carbocycles. The van der Waals surface area contributed by atoms with E-state index in [9.17, 15) is 9.59 Å². The number of rotatable bonds is 7. The van der Waals surface area contributed by atoms with Crippen molar-refractivity contribution in [1.82, 2.24) is 15.8 Å². The first-order chi connectivity index (χ1) is 13.5. The molecule has 1 atom stereocenters. The quantitative estimate of drug-likeness (QED) is 0.666. The van der Waals surface area contributed by atoms with Gasteiger partial charge in [-0.2, -0.15) is 0 Å². The molecular formula is C18H21ClN4O4S. The average Bonchev–Trinajstić information content (AvgIpc) is 3.44.